The fraction of sp³-hybridized carbons (Fsp3) is 0.263. The molecule has 0 saturated carbocycles. The van der Waals surface area contributed by atoms with Crippen molar-refractivity contribution >= 4 is 5.78 Å². The van der Waals surface area contributed by atoms with Gasteiger partial charge in [0.1, 0.15) is 5.75 Å². The molecule has 0 N–H and O–H groups in total. The second kappa shape index (κ2) is 6.44. The maximum atomic E-state index is 12.6. The van der Waals surface area contributed by atoms with Gasteiger partial charge in [-0.25, -0.2) is 0 Å². The van der Waals surface area contributed by atoms with Gasteiger partial charge < -0.3 is 4.74 Å². The van der Waals surface area contributed by atoms with E-state index >= 15 is 0 Å². The normalized spacial score (nSPS) is 11.6. The Labute approximate surface area is 131 Å². The molecular weight excluding hydrogens is 274 g/mol. The Morgan fingerprint density at radius 1 is 1.05 bits per heavy atom. The van der Waals surface area contributed by atoms with Gasteiger partial charge in [-0.1, -0.05) is 6.07 Å². The largest absolute Gasteiger partial charge is 0.483 e. The molecule has 0 amide bonds. The first-order valence-corrected chi connectivity index (χ1v) is 7.21. The van der Waals surface area contributed by atoms with E-state index in [1.165, 1.54) is 5.56 Å². The Bertz CT molecular complexity index is 739. The molecule has 0 saturated heterocycles. The van der Waals surface area contributed by atoms with Crippen molar-refractivity contribution in [1.82, 2.24) is 0 Å². The molecular formula is C19H19NO2. The van der Waals surface area contributed by atoms with Gasteiger partial charge in [-0.2, -0.15) is 5.26 Å². The second-order valence-electron chi connectivity index (χ2n) is 5.51. The number of aryl methyl sites for hydroxylation is 3. The molecule has 0 spiro atoms. The molecule has 22 heavy (non-hydrogen) atoms. The smallest absolute Gasteiger partial charge is 0.203 e. The lowest BCUT2D eigenvalue weighted by molar-refractivity contribution is 0.0817. The van der Waals surface area contributed by atoms with E-state index < -0.39 is 6.10 Å². The second-order valence-corrected chi connectivity index (χ2v) is 5.51. The average Bonchev–Trinajstić information content (AvgIpc) is 2.51. The van der Waals surface area contributed by atoms with Crippen molar-refractivity contribution in [2.24, 2.45) is 0 Å². The van der Waals surface area contributed by atoms with Crippen LogP contribution in [0.5, 0.6) is 5.75 Å². The zero-order chi connectivity index (χ0) is 16.3. The maximum Gasteiger partial charge on any atom is 0.203 e. The topological polar surface area (TPSA) is 50.1 Å². The van der Waals surface area contributed by atoms with E-state index in [0.717, 1.165) is 11.1 Å². The van der Waals surface area contributed by atoms with Crippen molar-refractivity contribution in [3.05, 3.63) is 64.2 Å². The third-order valence-corrected chi connectivity index (χ3v) is 3.77. The van der Waals surface area contributed by atoms with Crippen molar-refractivity contribution in [2.45, 2.75) is 33.8 Å². The van der Waals surface area contributed by atoms with Crippen molar-refractivity contribution < 1.29 is 9.53 Å². The minimum Gasteiger partial charge on any atom is -0.483 e. The molecule has 3 heteroatoms. The van der Waals surface area contributed by atoms with Crippen molar-refractivity contribution in [3.63, 3.8) is 0 Å². The number of hydrogen-bond donors (Lipinski definition) is 0. The fourth-order valence-electron chi connectivity index (χ4n) is 2.31. The third-order valence-electron chi connectivity index (χ3n) is 3.77. The predicted molar refractivity (Wildman–Crippen MR) is 86.2 cm³/mol. The zero-order valence-corrected chi connectivity index (χ0v) is 13.3. The van der Waals surface area contributed by atoms with E-state index in [4.69, 9.17) is 10.00 Å². The van der Waals surface area contributed by atoms with E-state index in [9.17, 15) is 4.79 Å². The Kier molecular flexibility index (Phi) is 4.62. The molecule has 112 valence electrons. The quantitative estimate of drug-likeness (QED) is 0.796. The summed E-state index contributed by atoms with van der Waals surface area (Å²) in [7, 11) is 0. The molecule has 0 bridgehead atoms. The maximum absolute atomic E-state index is 12.6. The molecule has 0 heterocycles. The number of Topliss-reactive ketones (excluding diaryl/α,β-unsaturated/α-hetero) is 1. The number of ether oxygens (including phenoxy) is 1. The molecule has 0 aliphatic rings. The fourth-order valence-corrected chi connectivity index (χ4v) is 2.31. The molecule has 0 radical (unpaired) electrons. The van der Waals surface area contributed by atoms with E-state index in [1.54, 1.807) is 31.2 Å². The lowest BCUT2D eigenvalue weighted by Gasteiger charge is -2.16. The van der Waals surface area contributed by atoms with Crippen LogP contribution in [0.2, 0.25) is 0 Å². The van der Waals surface area contributed by atoms with Gasteiger partial charge in [0.25, 0.3) is 0 Å². The Morgan fingerprint density at radius 3 is 2.23 bits per heavy atom. The highest BCUT2D eigenvalue weighted by Crippen LogP contribution is 2.20. The summed E-state index contributed by atoms with van der Waals surface area (Å²) >= 11 is 0. The van der Waals surface area contributed by atoms with Crippen LogP contribution in [0.15, 0.2) is 36.4 Å². The molecule has 0 aromatic heterocycles. The third kappa shape index (κ3) is 3.35. The summed E-state index contributed by atoms with van der Waals surface area (Å²) in [4.78, 5) is 12.6. The van der Waals surface area contributed by atoms with Crippen molar-refractivity contribution in [2.75, 3.05) is 0 Å². The number of carbonyl (C=O) groups excluding carboxylic acids is 1. The highest BCUT2D eigenvalue weighted by atomic mass is 16.5. The Morgan fingerprint density at radius 2 is 1.64 bits per heavy atom. The van der Waals surface area contributed by atoms with Crippen LogP contribution in [0.25, 0.3) is 0 Å². The van der Waals surface area contributed by atoms with Crippen molar-refractivity contribution in [3.8, 4) is 11.8 Å². The lowest BCUT2D eigenvalue weighted by Crippen LogP contribution is -2.24. The van der Waals surface area contributed by atoms with Gasteiger partial charge in [0, 0.05) is 5.56 Å². The minimum absolute atomic E-state index is 0.0371. The summed E-state index contributed by atoms with van der Waals surface area (Å²) in [6.45, 7) is 7.72. The van der Waals surface area contributed by atoms with Gasteiger partial charge in [-0.05, 0) is 74.7 Å². The number of nitrogens with zero attached hydrogens (tertiary/aromatic N) is 1. The van der Waals surface area contributed by atoms with Crippen LogP contribution in [0, 0.1) is 32.1 Å². The van der Waals surface area contributed by atoms with Crippen LogP contribution < -0.4 is 4.74 Å². The molecule has 3 nitrogen and oxygen atoms in total. The van der Waals surface area contributed by atoms with Gasteiger partial charge in [0.15, 0.2) is 6.10 Å². The summed E-state index contributed by atoms with van der Waals surface area (Å²) in [5.41, 5.74) is 4.50. The summed E-state index contributed by atoms with van der Waals surface area (Å²) in [6, 6.07) is 12.8. The first-order valence-electron chi connectivity index (χ1n) is 7.21. The number of benzene rings is 2. The summed E-state index contributed by atoms with van der Waals surface area (Å²) < 4.78 is 5.70. The van der Waals surface area contributed by atoms with E-state index in [0.29, 0.717) is 16.9 Å². The van der Waals surface area contributed by atoms with Gasteiger partial charge in [-0.15, -0.1) is 0 Å². The Balaban J connectivity index is 2.18. The SMILES string of the molecule is Cc1cc(C)c(C(=O)C(C)Oc2ccc(C#N)cc2)cc1C. The van der Waals surface area contributed by atoms with E-state index in [2.05, 4.69) is 6.07 Å². The van der Waals surface area contributed by atoms with E-state index in [1.807, 2.05) is 32.9 Å². The first kappa shape index (κ1) is 15.8. The van der Waals surface area contributed by atoms with Crippen LogP contribution in [0.4, 0.5) is 0 Å². The highest BCUT2D eigenvalue weighted by molar-refractivity contribution is 6.00. The summed E-state index contributed by atoms with van der Waals surface area (Å²) in [6.07, 6.45) is -0.575. The highest BCUT2D eigenvalue weighted by Gasteiger charge is 2.19. The molecule has 2 rings (SSSR count). The van der Waals surface area contributed by atoms with Crippen LogP contribution in [-0.2, 0) is 0 Å². The number of carbonyl (C=O) groups is 1. The molecule has 0 fully saturated rings. The Hall–Kier alpha value is -2.60. The molecule has 2 aromatic carbocycles. The van der Waals surface area contributed by atoms with Crippen LogP contribution in [0.1, 0.15) is 39.5 Å². The monoisotopic (exact) mass is 293 g/mol. The van der Waals surface area contributed by atoms with Gasteiger partial charge in [0.2, 0.25) is 5.78 Å². The number of nitriles is 1. The lowest BCUT2D eigenvalue weighted by atomic mass is 9.96. The molecule has 1 atom stereocenters. The van der Waals surface area contributed by atoms with Gasteiger partial charge in [0.05, 0.1) is 11.6 Å². The van der Waals surface area contributed by atoms with E-state index in [-0.39, 0.29) is 5.78 Å². The molecule has 0 aliphatic heterocycles. The first-order chi connectivity index (χ1) is 10.4. The number of ketones is 1. The van der Waals surface area contributed by atoms with Gasteiger partial charge in [-0.3, -0.25) is 4.79 Å². The average molecular weight is 293 g/mol. The summed E-state index contributed by atoms with van der Waals surface area (Å²) in [5, 5.41) is 8.78. The van der Waals surface area contributed by atoms with Gasteiger partial charge >= 0.3 is 0 Å². The molecule has 0 aliphatic carbocycles. The predicted octanol–water partition coefficient (Wildman–Crippen LogP) is 4.13. The van der Waals surface area contributed by atoms with Crippen LogP contribution in [0.3, 0.4) is 0 Å². The zero-order valence-electron chi connectivity index (χ0n) is 13.3. The van der Waals surface area contributed by atoms with Crippen LogP contribution in [-0.4, -0.2) is 11.9 Å². The summed E-state index contributed by atoms with van der Waals surface area (Å²) in [5.74, 6) is 0.547. The number of rotatable bonds is 4. The molecule has 2 aromatic rings. The standard InChI is InChI=1S/C19H19NO2/c1-12-9-14(3)18(10-13(12)2)19(21)15(4)22-17-7-5-16(11-20)6-8-17/h5-10,15H,1-4H3. The number of hydrogen-bond acceptors (Lipinski definition) is 3. The minimum atomic E-state index is -0.575. The van der Waals surface area contributed by atoms with Crippen LogP contribution >= 0.6 is 0 Å². The van der Waals surface area contributed by atoms with Crippen molar-refractivity contribution in [1.29, 1.82) is 5.26 Å². The molecule has 1 unspecified atom stereocenters.